The minimum atomic E-state index is 0.707. The molecule has 1 aliphatic heterocycles. The average molecular weight is 300 g/mol. The van der Waals surface area contributed by atoms with Gasteiger partial charge >= 0.3 is 0 Å². The van der Waals surface area contributed by atoms with Crippen molar-refractivity contribution in [2.45, 2.75) is 19.8 Å². The fraction of sp³-hybridized carbons (Fsp3) is 0.375. The van der Waals surface area contributed by atoms with Crippen molar-refractivity contribution in [3.05, 3.63) is 46.2 Å². The molecule has 0 unspecified atom stereocenters. The molecule has 0 saturated carbocycles. The maximum atomic E-state index is 5.78. The molecule has 2 N–H and O–H groups in total. The maximum absolute atomic E-state index is 5.78. The summed E-state index contributed by atoms with van der Waals surface area (Å²) in [5, 5.41) is 0.707. The summed E-state index contributed by atoms with van der Waals surface area (Å²) >= 11 is 1.64. The summed E-state index contributed by atoms with van der Waals surface area (Å²) in [5.74, 6) is 0. The van der Waals surface area contributed by atoms with E-state index in [1.807, 2.05) is 12.3 Å². The zero-order valence-corrected chi connectivity index (χ0v) is 13.1. The first kappa shape index (κ1) is 14.2. The lowest BCUT2D eigenvalue weighted by molar-refractivity contribution is 0.318. The van der Waals surface area contributed by atoms with Crippen molar-refractivity contribution in [1.82, 2.24) is 14.9 Å². The first-order chi connectivity index (χ1) is 10.2. The van der Waals surface area contributed by atoms with Gasteiger partial charge in [0.25, 0.3) is 0 Å². The van der Waals surface area contributed by atoms with Gasteiger partial charge in [-0.1, -0.05) is 12.1 Å². The first-order valence-corrected chi connectivity index (χ1v) is 8.08. The lowest BCUT2D eigenvalue weighted by Crippen LogP contribution is -2.26. The molecule has 0 aliphatic carbocycles. The van der Waals surface area contributed by atoms with Crippen LogP contribution in [-0.4, -0.2) is 34.5 Å². The summed E-state index contributed by atoms with van der Waals surface area (Å²) in [5.41, 5.74) is 9.25. The van der Waals surface area contributed by atoms with E-state index < -0.39 is 0 Å². The highest BCUT2D eigenvalue weighted by Crippen LogP contribution is 2.24. The molecule has 0 fully saturated rings. The molecule has 0 atom stereocenters. The Morgan fingerprint density at radius 3 is 3.10 bits per heavy atom. The Bertz CT molecular complexity index is 622. The number of nitrogens with zero attached hydrogens (tertiary/aromatic N) is 3. The molecule has 110 valence electrons. The number of nitrogens with two attached hydrogens (primary N) is 1. The van der Waals surface area contributed by atoms with Crippen LogP contribution < -0.4 is 5.73 Å². The van der Waals surface area contributed by atoms with Crippen LogP contribution in [-0.2, 0) is 12.8 Å². The lowest BCUT2D eigenvalue weighted by atomic mass is 10.2. The predicted molar refractivity (Wildman–Crippen MR) is 88.4 cm³/mol. The number of rotatable bonds is 3. The minimum Gasteiger partial charge on any atom is -0.375 e. The molecule has 21 heavy (non-hydrogen) atoms. The second-order valence-corrected chi connectivity index (χ2v) is 6.45. The highest BCUT2D eigenvalue weighted by atomic mass is 32.1. The van der Waals surface area contributed by atoms with E-state index in [-0.39, 0.29) is 0 Å². The summed E-state index contributed by atoms with van der Waals surface area (Å²) in [7, 11) is 0. The second-order valence-electron chi connectivity index (χ2n) is 5.33. The summed E-state index contributed by atoms with van der Waals surface area (Å²) < 4.78 is 0. The monoisotopic (exact) mass is 300 g/mol. The summed E-state index contributed by atoms with van der Waals surface area (Å²) in [6.07, 6.45) is 8.22. The van der Waals surface area contributed by atoms with E-state index in [0.717, 1.165) is 38.2 Å². The average Bonchev–Trinajstić information content (AvgIpc) is 2.73. The Morgan fingerprint density at radius 2 is 2.24 bits per heavy atom. The number of anilines is 1. The van der Waals surface area contributed by atoms with Gasteiger partial charge in [0, 0.05) is 37.1 Å². The van der Waals surface area contributed by atoms with Gasteiger partial charge in [-0.25, -0.2) is 4.98 Å². The molecule has 3 rings (SSSR count). The zero-order valence-electron chi connectivity index (χ0n) is 12.2. The first-order valence-electron chi connectivity index (χ1n) is 7.27. The number of hydrogen-bond acceptors (Lipinski definition) is 5. The fourth-order valence-electron chi connectivity index (χ4n) is 2.60. The number of nitrogen functional groups attached to an aromatic ring is 1. The molecule has 2 aromatic rings. The Balaban J connectivity index is 1.58. The van der Waals surface area contributed by atoms with Crippen LogP contribution in [0, 0.1) is 6.92 Å². The number of hydrogen-bond donors (Lipinski definition) is 1. The molecule has 2 aromatic heterocycles. The van der Waals surface area contributed by atoms with Gasteiger partial charge in [0.05, 0.1) is 11.4 Å². The van der Waals surface area contributed by atoms with Gasteiger partial charge in [0.2, 0.25) is 0 Å². The van der Waals surface area contributed by atoms with Gasteiger partial charge in [0.1, 0.15) is 0 Å². The molecule has 4 nitrogen and oxygen atoms in total. The number of thiazole rings is 1. The molecular weight excluding hydrogens is 280 g/mol. The Hall–Kier alpha value is -1.72. The number of aromatic nitrogens is 2. The van der Waals surface area contributed by atoms with Gasteiger partial charge in [-0.3, -0.25) is 9.88 Å². The van der Waals surface area contributed by atoms with Gasteiger partial charge < -0.3 is 5.73 Å². The summed E-state index contributed by atoms with van der Waals surface area (Å²) in [6, 6.07) is 4.06. The molecule has 0 saturated heterocycles. The van der Waals surface area contributed by atoms with E-state index in [2.05, 4.69) is 40.0 Å². The molecule has 0 amide bonds. The maximum Gasteiger partial charge on any atom is 0.180 e. The van der Waals surface area contributed by atoms with Crippen molar-refractivity contribution < 1.29 is 0 Å². The standard InChI is InChI=1S/C16H20N4S/c1-12-4-2-8-18-13(12)5-3-9-20-10-6-14-15(7-11-20)21-16(17)19-14/h2-5,8H,6-7,9-11H2,1H3,(H2,17,19). The quantitative estimate of drug-likeness (QED) is 0.946. The van der Waals surface area contributed by atoms with Crippen LogP contribution in [0.3, 0.4) is 0 Å². The fourth-order valence-corrected chi connectivity index (χ4v) is 3.46. The predicted octanol–water partition coefficient (Wildman–Crippen LogP) is 2.54. The third kappa shape index (κ3) is 3.49. The van der Waals surface area contributed by atoms with E-state index in [9.17, 15) is 0 Å². The Kier molecular flexibility index (Phi) is 4.31. The molecule has 3 heterocycles. The van der Waals surface area contributed by atoms with E-state index in [4.69, 9.17) is 5.73 Å². The summed E-state index contributed by atoms with van der Waals surface area (Å²) in [6.45, 7) is 5.16. The van der Waals surface area contributed by atoms with Crippen LogP contribution in [0.2, 0.25) is 0 Å². The van der Waals surface area contributed by atoms with Crippen LogP contribution in [0.5, 0.6) is 0 Å². The SMILES string of the molecule is Cc1cccnc1C=CCN1CCc2nc(N)sc2CC1. The third-order valence-electron chi connectivity index (χ3n) is 3.80. The van der Waals surface area contributed by atoms with Crippen molar-refractivity contribution >= 4 is 22.5 Å². The normalized spacial score (nSPS) is 16.0. The van der Waals surface area contributed by atoms with Crippen molar-refractivity contribution in [2.75, 3.05) is 25.4 Å². The smallest absolute Gasteiger partial charge is 0.180 e. The molecule has 5 heteroatoms. The molecule has 0 radical (unpaired) electrons. The van der Waals surface area contributed by atoms with Gasteiger partial charge in [-0.15, -0.1) is 11.3 Å². The minimum absolute atomic E-state index is 0.707. The van der Waals surface area contributed by atoms with Crippen molar-refractivity contribution in [1.29, 1.82) is 0 Å². The van der Waals surface area contributed by atoms with E-state index >= 15 is 0 Å². The van der Waals surface area contributed by atoms with E-state index in [0.29, 0.717) is 5.13 Å². The van der Waals surface area contributed by atoms with E-state index in [1.165, 1.54) is 16.1 Å². The van der Waals surface area contributed by atoms with Crippen LogP contribution in [0.4, 0.5) is 5.13 Å². The number of fused-ring (bicyclic) bond motifs is 1. The van der Waals surface area contributed by atoms with Crippen molar-refractivity contribution in [3.63, 3.8) is 0 Å². The Labute approximate surface area is 129 Å². The van der Waals surface area contributed by atoms with Crippen LogP contribution in [0.25, 0.3) is 6.08 Å². The summed E-state index contributed by atoms with van der Waals surface area (Å²) in [4.78, 5) is 12.6. The third-order valence-corrected chi connectivity index (χ3v) is 4.79. The second kappa shape index (κ2) is 6.37. The largest absolute Gasteiger partial charge is 0.375 e. The molecule has 1 aliphatic rings. The van der Waals surface area contributed by atoms with E-state index in [1.54, 1.807) is 11.3 Å². The van der Waals surface area contributed by atoms with Gasteiger partial charge in [0.15, 0.2) is 5.13 Å². The lowest BCUT2D eigenvalue weighted by Gasteiger charge is -2.17. The molecule has 0 spiro atoms. The number of aryl methyl sites for hydroxylation is 1. The molecule has 0 aromatic carbocycles. The topological polar surface area (TPSA) is 55.0 Å². The van der Waals surface area contributed by atoms with Crippen molar-refractivity contribution in [2.24, 2.45) is 0 Å². The van der Waals surface area contributed by atoms with Crippen LogP contribution in [0.15, 0.2) is 24.4 Å². The highest BCUT2D eigenvalue weighted by Gasteiger charge is 2.16. The highest BCUT2D eigenvalue weighted by molar-refractivity contribution is 7.15. The van der Waals surface area contributed by atoms with Gasteiger partial charge in [-0.05, 0) is 31.1 Å². The van der Waals surface area contributed by atoms with Crippen molar-refractivity contribution in [3.8, 4) is 0 Å². The zero-order chi connectivity index (χ0) is 14.7. The van der Waals surface area contributed by atoms with Gasteiger partial charge in [-0.2, -0.15) is 0 Å². The molecular formula is C16H20N4S. The van der Waals surface area contributed by atoms with Crippen LogP contribution in [0.1, 0.15) is 21.8 Å². The Morgan fingerprint density at radius 1 is 1.38 bits per heavy atom. The molecule has 0 bridgehead atoms. The van der Waals surface area contributed by atoms with Crippen LogP contribution >= 0.6 is 11.3 Å². The number of pyridine rings is 1.